The van der Waals surface area contributed by atoms with E-state index in [0.717, 1.165) is 25.3 Å². The molecule has 1 aromatic carbocycles. The van der Waals surface area contributed by atoms with Crippen LogP contribution in [0.3, 0.4) is 0 Å². The number of benzene rings is 1. The van der Waals surface area contributed by atoms with Crippen LogP contribution in [0.2, 0.25) is 0 Å². The molecule has 1 aliphatic carbocycles. The average molecular weight is 261 g/mol. The lowest BCUT2D eigenvalue weighted by Crippen LogP contribution is -2.48. The van der Waals surface area contributed by atoms with Crippen LogP contribution in [0.25, 0.3) is 0 Å². The van der Waals surface area contributed by atoms with Gasteiger partial charge >= 0.3 is 0 Å². The van der Waals surface area contributed by atoms with Crippen molar-refractivity contribution < 1.29 is 9.47 Å². The van der Waals surface area contributed by atoms with Crippen LogP contribution in [0, 0.1) is 0 Å². The molecule has 3 nitrogen and oxygen atoms in total. The van der Waals surface area contributed by atoms with Crippen LogP contribution in [0.4, 0.5) is 0 Å². The molecular formula is C16H23NO2. The fraction of sp³-hybridized carbons (Fsp3) is 0.625. The van der Waals surface area contributed by atoms with E-state index in [1.807, 2.05) is 0 Å². The van der Waals surface area contributed by atoms with Crippen molar-refractivity contribution in [2.24, 2.45) is 0 Å². The average Bonchev–Trinajstić information content (AvgIpc) is 2.47. The van der Waals surface area contributed by atoms with Gasteiger partial charge in [0.25, 0.3) is 0 Å². The van der Waals surface area contributed by atoms with E-state index in [1.54, 1.807) is 0 Å². The number of hydrogen-bond acceptors (Lipinski definition) is 3. The van der Waals surface area contributed by atoms with Crippen LogP contribution >= 0.6 is 0 Å². The second-order valence-corrected chi connectivity index (χ2v) is 5.66. The number of ether oxygens (including phenoxy) is 2. The van der Waals surface area contributed by atoms with Crippen molar-refractivity contribution >= 4 is 0 Å². The standard InChI is InChI=1S/C16H23NO2/c1-12-9-17-14(10-18-12)11-19-16-8-4-6-13-5-2-3-7-15(13)16/h4,6,8,12,14,17H,2-3,5,7,9-11H2,1H3. The summed E-state index contributed by atoms with van der Waals surface area (Å²) in [7, 11) is 0. The van der Waals surface area contributed by atoms with Crippen molar-refractivity contribution in [3.05, 3.63) is 29.3 Å². The van der Waals surface area contributed by atoms with E-state index in [-0.39, 0.29) is 0 Å². The topological polar surface area (TPSA) is 30.5 Å². The molecule has 19 heavy (non-hydrogen) atoms. The van der Waals surface area contributed by atoms with Crippen molar-refractivity contribution in [1.29, 1.82) is 0 Å². The normalized spacial score (nSPS) is 26.8. The zero-order valence-corrected chi connectivity index (χ0v) is 11.7. The Hall–Kier alpha value is -1.06. The first-order chi connectivity index (χ1) is 9.33. The quantitative estimate of drug-likeness (QED) is 0.906. The van der Waals surface area contributed by atoms with Crippen LogP contribution < -0.4 is 10.1 Å². The van der Waals surface area contributed by atoms with Gasteiger partial charge in [-0.1, -0.05) is 12.1 Å². The molecule has 2 unspecified atom stereocenters. The summed E-state index contributed by atoms with van der Waals surface area (Å²) in [5, 5.41) is 3.47. The van der Waals surface area contributed by atoms with Crippen LogP contribution in [-0.4, -0.2) is 31.9 Å². The lowest BCUT2D eigenvalue weighted by molar-refractivity contribution is 0.00447. The number of nitrogens with one attached hydrogen (secondary N) is 1. The molecule has 3 rings (SSSR count). The predicted molar refractivity (Wildman–Crippen MR) is 75.8 cm³/mol. The van der Waals surface area contributed by atoms with Gasteiger partial charge in [-0.15, -0.1) is 0 Å². The zero-order valence-electron chi connectivity index (χ0n) is 11.7. The molecule has 1 fully saturated rings. The van der Waals surface area contributed by atoms with Crippen molar-refractivity contribution in [2.75, 3.05) is 19.8 Å². The van der Waals surface area contributed by atoms with E-state index in [0.29, 0.717) is 18.8 Å². The number of morpholine rings is 1. The molecular weight excluding hydrogens is 238 g/mol. The molecule has 1 aromatic rings. The Morgan fingerprint density at radius 1 is 1.32 bits per heavy atom. The number of hydrogen-bond donors (Lipinski definition) is 1. The third kappa shape index (κ3) is 3.10. The molecule has 0 radical (unpaired) electrons. The highest BCUT2D eigenvalue weighted by atomic mass is 16.5. The van der Waals surface area contributed by atoms with Crippen LogP contribution in [-0.2, 0) is 17.6 Å². The van der Waals surface area contributed by atoms with Gasteiger partial charge in [0.05, 0.1) is 18.8 Å². The maximum absolute atomic E-state index is 6.04. The second kappa shape index (κ2) is 5.93. The Kier molecular flexibility index (Phi) is 4.04. The lowest BCUT2D eigenvalue weighted by atomic mass is 9.91. The van der Waals surface area contributed by atoms with Crippen molar-refractivity contribution in [3.63, 3.8) is 0 Å². The molecule has 0 spiro atoms. The third-order valence-corrected chi connectivity index (χ3v) is 4.07. The smallest absolute Gasteiger partial charge is 0.122 e. The van der Waals surface area contributed by atoms with Gasteiger partial charge in [-0.2, -0.15) is 0 Å². The minimum Gasteiger partial charge on any atom is -0.492 e. The summed E-state index contributed by atoms with van der Waals surface area (Å²) in [6, 6.07) is 6.78. The van der Waals surface area contributed by atoms with E-state index < -0.39 is 0 Å². The lowest BCUT2D eigenvalue weighted by Gasteiger charge is -2.29. The summed E-state index contributed by atoms with van der Waals surface area (Å²) in [4.78, 5) is 0. The molecule has 104 valence electrons. The zero-order chi connectivity index (χ0) is 13.1. The van der Waals surface area contributed by atoms with E-state index in [4.69, 9.17) is 9.47 Å². The summed E-state index contributed by atoms with van der Waals surface area (Å²) >= 11 is 0. The van der Waals surface area contributed by atoms with Crippen LogP contribution in [0.1, 0.15) is 30.9 Å². The van der Waals surface area contributed by atoms with Crippen molar-refractivity contribution in [1.82, 2.24) is 5.32 Å². The monoisotopic (exact) mass is 261 g/mol. The Morgan fingerprint density at radius 2 is 2.21 bits per heavy atom. The van der Waals surface area contributed by atoms with Crippen molar-refractivity contribution in [2.45, 2.75) is 44.8 Å². The maximum Gasteiger partial charge on any atom is 0.122 e. The number of aryl methyl sites for hydroxylation is 1. The Bertz CT molecular complexity index is 425. The summed E-state index contributed by atoms with van der Waals surface area (Å²) in [5.74, 6) is 1.08. The SMILES string of the molecule is CC1CNC(COc2cccc3c2CCCC3)CO1. The summed E-state index contributed by atoms with van der Waals surface area (Å²) in [6.45, 7) is 4.46. The van der Waals surface area contributed by atoms with E-state index in [2.05, 4.69) is 30.4 Å². The Morgan fingerprint density at radius 3 is 3.05 bits per heavy atom. The minimum absolute atomic E-state index is 0.315. The highest BCUT2D eigenvalue weighted by molar-refractivity contribution is 5.41. The highest BCUT2D eigenvalue weighted by Crippen LogP contribution is 2.29. The summed E-state index contributed by atoms with van der Waals surface area (Å²) < 4.78 is 11.7. The molecule has 1 heterocycles. The van der Waals surface area contributed by atoms with E-state index in [1.165, 1.54) is 30.4 Å². The molecule has 1 aliphatic heterocycles. The maximum atomic E-state index is 6.04. The molecule has 2 aliphatic rings. The van der Waals surface area contributed by atoms with E-state index in [9.17, 15) is 0 Å². The number of rotatable bonds is 3. The van der Waals surface area contributed by atoms with Crippen LogP contribution in [0.5, 0.6) is 5.75 Å². The molecule has 1 N–H and O–H groups in total. The van der Waals surface area contributed by atoms with Crippen LogP contribution in [0.15, 0.2) is 18.2 Å². The molecule has 2 atom stereocenters. The predicted octanol–water partition coefficient (Wildman–Crippen LogP) is 2.32. The largest absolute Gasteiger partial charge is 0.492 e. The first-order valence-electron chi connectivity index (χ1n) is 7.41. The van der Waals surface area contributed by atoms with Gasteiger partial charge in [0, 0.05) is 6.54 Å². The first kappa shape index (κ1) is 12.9. The van der Waals surface area contributed by atoms with E-state index >= 15 is 0 Å². The summed E-state index contributed by atoms with van der Waals surface area (Å²) in [6.07, 6.45) is 5.29. The van der Waals surface area contributed by atoms with Gasteiger partial charge in [-0.3, -0.25) is 0 Å². The molecule has 0 amide bonds. The van der Waals surface area contributed by atoms with Gasteiger partial charge in [-0.05, 0) is 49.8 Å². The molecule has 0 saturated carbocycles. The number of fused-ring (bicyclic) bond motifs is 1. The highest BCUT2D eigenvalue weighted by Gasteiger charge is 2.19. The fourth-order valence-corrected chi connectivity index (χ4v) is 2.91. The molecule has 0 aromatic heterocycles. The minimum atomic E-state index is 0.315. The van der Waals surface area contributed by atoms with Crippen molar-refractivity contribution in [3.8, 4) is 5.75 Å². The van der Waals surface area contributed by atoms with Gasteiger partial charge in [0.15, 0.2) is 0 Å². The summed E-state index contributed by atoms with van der Waals surface area (Å²) in [5.41, 5.74) is 2.91. The van der Waals surface area contributed by atoms with Gasteiger partial charge in [0.1, 0.15) is 12.4 Å². The molecule has 0 bridgehead atoms. The molecule has 1 saturated heterocycles. The van der Waals surface area contributed by atoms with Gasteiger partial charge in [-0.25, -0.2) is 0 Å². The second-order valence-electron chi connectivity index (χ2n) is 5.66. The molecule has 3 heteroatoms. The van der Waals surface area contributed by atoms with Gasteiger partial charge < -0.3 is 14.8 Å². The fourth-order valence-electron chi connectivity index (χ4n) is 2.91. The van der Waals surface area contributed by atoms with Gasteiger partial charge in [0.2, 0.25) is 0 Å². The third-order valence-electron chi connectivity index (χ3n) is 4.07. The first-order valence-corrected chi connectivity index (χ1v) is 7.41. The Labute approximate surface area is 115 Å². The Balaban J connectivity index is 1.61.